The first-order chi connectivity index (χ1) is 5.81. The fraction of sp³-hybridized carbons (Fsp3) is 0.222. The van der Waals surface area contributed by atoms with E-state index in [1.54, 1.807) is 17.2 Å². The van der Waals surface area contributed by atoms with Gasteiger partial charge in [-0.05, 0) is 5.56 Å². The minimum Gasteiger partial charge on any atom is -0.270 e. The first-order valence-corrected chi connectivity index (χ1v) is 3.68. The van der Waals surface area contributed by atoms with Crippen molar-refractivity contribution in [2.75, 3.05) is 7.05 Å². The molecule has 2 atom stereocenters. The van der Waals surface area contributed by atoms with Crippen LogP contribution in [0.25, 0.3) is 4.85 Å². The van der Waals surface area contributed by atoms with Crippen molar-refractivity contribution < 1.29 is 4.84 Å². The molecule has 0 radical (unpaired) electrons. The summed E-state index contributed by atoms with van der Waals surface area (Å²) >= 11 is 0. The minimum absolute atomic E-state index is 0.102. The van der Waals surface area contributed by atoms with Crippen LogP contribution in [0.1, 0.15) is 11.8 Å². The van der Waals surface area contributed by atoms with Crippen LogP contribution in [0.15, 0.2) is 24.3 Å². The Labute approximate surface area is 71.0 Å². The molecule has 0 aromatic heterocycles. The minimum atomic E-state index is 0.102. The lowest BCUT2D eigenvalue weighted by atomic mass is 10.2. The van der Waals surface area contributed by atoms with Crippen molar-refractivity contribution in [1.82, 2.24) is 5.06 Å². The largest absolute Gasteiger partial charge is 0.270 e. The maximum absolute atomic E-state index is 6.76. The van der Waals surface area contributed by atoms with Gasteiger partial charge in [-0.2, -0.15) is 5.06 Å². The van der Waals surface area contributed by atoms with Crippen molar-refractivity contribution in [2.24, 2.45) is 0 Å². The van der Waals surface area contributed by atoms with Gasteiger partial charge in [0.25, 0.3) is 0 Å². The lowest BCUT2D eigenvalue weighted by Crippen LogP contribution is -1.86. The molecule has 2 unspecified atom stereocenters. The van der Waals surface area contributed by atoms with Gasteiger partial charge in [-0.1, -0.05) is 24.3 Å². The summed E-state index contributed by atoms with van der Waals surface area (Å²) in [6, 6.07) is 7.44. The highest BCUT2D eigenvalue weighted by Crippen LogP contribution is 2.35. The quantitative estimate of drug-likeness (QED) is 0.463. The summed E-state index contributed by atoms with van der Waals surface area (Å²) < 4.78 is 0. The molecule has 1 aromatic carbocycles. The predicted molar refractivity (Wildman–Crippen MR) is 44.3 cm³/mol. The molecule has 12 heavy (non-hydrogen) atoms. The maximum Gasteiger partial charge on any atom is 0.187 e. The van der Waals surface area contributed by atoms with E-state index in [2.05, 4.69) is 4.85 Å². The zero-order valence-electron chi connectivity index (χ0n) is 6.69. The SMILES string of the molecule is [C-]#[N+]c1ccc(C2ON2C)cc1. The summed E-state index contributed by atoms with van der Waals surface area (Å²) in [6.45, 7) is 6.76. The molecule has 0 N–H and O–H groups in total. The summed E-state index contributed by atoms with van der Waals surface area (Å²) in [7, 11) is 1.88. The number of hydroxylamine groups is 2. The molecule has 1 heterocycles. The van der Waals surface area contributed by atoms with Crippen LogP contribution in [0.4, 0.5) is 5.69 Å². The van der Waals surface area contributed by atoms with Gasteiger partial charge < -0.3 is 0 Å². The smallest absolute Gasteiger partial charge is 0.187 e. The molecular weight excluding hydrogens is 152 g/mol. The van der Waals surface area contributed by atoms with Crippen LogP contribution in [-0.4, -0.2) is 12.1 Å². The van der Waals surface area contributed by atoms with Crippen molar-refractivity contribution in [2.45, 2.75) is 6.23 Å². The molecular formula is C9H8N2O. The third-order valence-corrected chi connectivity index (χ3v) is 1.86. The molecule has 1 fully saturated rings. The van der Waals surface area contributed by atoms with Gasteiger partial charge in [-0.15, -0.1) is 0 Å². The molecule has 2 rings (SSSR count). The standard InChI is InChI=1S/C9H8N2O/c1-10-8-5-3-7(4-6-8)9-11(2)12-9/h3-6,9H,2H3. The van der Waals surface area contributed by atoms with Crippen LogP contribution < -0.4 is 0 Å². The first-order valence-electron chi connectivity index (χ1n) is 3.68. The second kappa shape index (κ2) is 2.59. The van der Waals surface area contributed by atoms with E-state index in [0.29, 0.717) is 5.69 Å². The van der Waals surface area contributed by atoms with Crippen molar-refractivity contribution >= 4 is 5.69 Å². The van der Waals surface area contributed by atoms with Crippen molar-refractivity contribution in [1.29, 1.82) is 0 Å². The van der Waals surface area contributed by atoms with E-state index in [4.69, 9.17) is 11.4 Å². The highest BCUT2D eigenvalue weighted by molar-refractivity contribution is 5.45. The van der Waals surface area contributed by atoms with Crippen LogP contribution in [0.5, 0.6) is 0 Å². The monoisotopic (exact) mass is 160 g/mol. The van der Waals surface area contributed by atoms with Gasteiger partial charge in [0.05, 0.1) is 6.57 Å². The van der Waals surface area contributed by atoms with E-state index in [1.165, 1.54) is 0 Å². The lowest BCUT2D eigenvalue weighted by Gasteiger charge is -1.93. The molecule has 1 saturated heterocycles. The number of hydrogen-bond acceptors (Lipinski definition) is 2. The molecule has 1 aliphatic rings. The van der Waals surface area contributed by atoms with Gasteiger partial charge in [0, 0.05) is 7.05 Å². The molecule has 1 aromatic rings. The number of rotatable bonds is 1. The van der Waals surface area contributed by atoms with E-state index >= 15 is 0 Å². The van der Waals surface area contributed by atoms with Crippen molar-refractivity contribution in [3.8, 4) is 0 Å². The van der Waals surface area contributed by atoms with Crippen LogP contribution in [-0.2, 0) is 4.84 Å². The second-order valence-corrected chi connectivity index (χ2v) is 2.71. The van der Waals surface area contributed by atoms with E-state index in [-0.39, 0.29) is 6.23 Å². The summed E-state index contributed by atoms with van der Waals surface area (Å²) in [5.74, 6) is 0. The van der Waals surface area contributed by atoms with Crippen LogP contribution in [0, 0.1) is 6.57 Å². The fourth-order valence-corrected chi connectivity index (χ4v) is 1.11. The Hall–Kier alpha value is -1.37. The molecule has 0 bridgehead atoms. The number of nitrogens with zero attached hydrogens (tertiary/aromatic N) is 2. The summed E-state index contributed by atoms with van der Waals surface area (Å²) in [5, 5.41) is 1.77. The Morgan fingerprint density at radius 3 is 2.42 bits per heavy atom. The van der Waals surface area contributed by atoms with Gasteiger partial charge in [0.1, 0.15) is 0 Å². The zero-order valence-corrected chi connectivity index (χ0v) is 6.69. The van der Waals surface area contributed by atoms with Gasteiger partial charge in [-0.3, -0.25) is 4.84 Å². The average Bonchev–Trinajstić information content (AvgIpc) is 2.83. The van der Waals surface area contributed by atoms with E-state index in [9.17, 15) is 0 Å². The summed E-state index contributed by atoms with van der Waals surface area (Å²) in [4.78, 5) is 8.44. The van der Waals surface area contributed by atoms with Crippen LogP contribution >= 0.6 is 0 Å². The predicted octanol–water partition coefficient (Wildman–Crippen LogP) is 2.11. The third-order valence-electron chi connectivity index (χ3n) is 1.86. The topological polar surface area (TPSA) is 19.9 Å². The molecule has 1 aliphatic heterocycles. The number of benzene rings is 1. The molecule has 0 spiro atoms. The summed E-state index contributed by atoms with van der Waals surface area (Å²) in [5.41, 5.74) is 1.77. The van der Waals surface area contributed by atoms with Gasteiger partial charge in [-0.25, -0.2) is 4.85 Å². The molecule has 0 aliphatic carbocycles. The Balaban J connectivity index is 2.21. The normalized spacial score (nSPS) is 26.3. The van der Waals surface area contributed by atoms with Crippen molar-refractivity contribution in [3.63, 3.8) is 0 Å². The van der Waals surface area contributed by atoms with E-state index < -0.39 is 0 Å². The zero-order chi connectivity index (χ0) is 8.55. The first kappa shape index (κ1) is 7.29. The summed E-state index contributed by atoms with van der Waals surface area (Å²) in [6.07, 6.45) is 0.102. The van der Waals surface area contributed by atoms with Crippen molar-refractivity contribution in [3.05, 3.63) is 41.2 Å². The third kappa shape index (κ3) is 1.18. The molecule has 3 heteroatoms. The Kier molecular flexibility index (Phi) is 1.58. The number of hydrogen-bond donors (Lipinski definition) is 0. The van der Waals surface area contributed by atoms with Gasteiger partial charge in [0.15, 0.2) is 11.9 Å². The average molecular weight is 160 g/mol. The second-order valence-electron chi connectivity index (χ2n) is 2.71. The Morgan fingerprint density at radius 1 is 1.42 bits per heavy atom. The molecule has 3 nitrogen and oxygen atoms in total. The van der Waals surface area contributed by atoms with Gasteiger partial charge >= 0.3 is 0 Å². The van der Waals surface area contributed by atoms with Crippen LogP contribution in [0.2, 0.25) is 0 Å². The van der Waals surface area contributed by atoms with Crippen LogP contribution in [0.3, 0.4) is 0 Å². The van der Waals surface area contributed by atoms with E-state index in [0.717, 1.165) is 5.56 Å². The fourth-order valence-electron chi connectivity index (χ4n) is 1.11. The highest BCUT2D eigenvalue weighted by Gasteiger charge is 2.33. The lowest BCUT2D eigenvalue weighted by molar-refractivity contribution is 0.233. The molecule has 0 saturated carbocycles. The Morgan fingerprint density at radius 2 is 2.00 bits per heavy atom. The maximum atomic E-state index is 6.76. The molecule has 60 valence electrons. The Bertz CT molecular complexity index is 325. The highest BCUT2D eigenvalue weighted by atomic mass is 16.8. The van der Waals surface area contributed by atoms with Gasteiger partial charge in [0.2, 0.25) is 0 Å². The van der Waals surface area contributed by atoms with E-state index in [1.807, 2.05) is 19.2 Å². The molecule has 0 amide bonds.